The summed E-state index contributed by atoms with van der Waals surface area (Å²) in [7, 11) is 3.42. The van der Waals surface area contributed by atoms with Crippen molar-refractivity contribution in [2.24, 2.45) is 0 Å². The first kappa shape index (κ1) is 14.4. The van der Waals surface area contributed by atoms with Crippen LogP contribution in [0.2, 0.25) is 0 Å². The molecule has 0 aliphatic rings. The average molecular weight is 214 g/mol. The maximum Gasteiger partial charge on any atom is 0.0621 e. The van der Waals surface area contributed by atoms with Crippen LogP contribution in [0.4, 0.5) is 0 Å². The molecule has 88 valence electrons. The first-order valence-electron chi connectivity index (χ1n) is 5.42. The lowest BCUT2D eigenvalue weighted by Crippen LogP contribution is -2.31. The zero-order valence-electron chi connectivity index (χ0n) is 9.87. The summed E-state index contributed by atoms with van der Waals surface area (Å²) in [5.41, 5.74) is 0. The summed E-state index contributed by atoms with van der Waals surface area (Å²) in [6.07, 6.45) is 2.70. The number of hydrogen-bond acceptors (Lipinski definition) is 4. The van der Waals surface area contributed by atoms with Crippen molar-refractivity contribution in [2.75, 3.05) is 47.1 Å². The Morgan fingerprint density at radius 2 is 1.60 bits per heavy atom. The second-order valence-electron chi connectivity index (χ2n) is 3.44. The second kappa shape index (κ2) is 11.4. The van der Waals surface area contributed by atoms with E-state index in [9.17, 15) is 0 Å². The molecule has 0 aromatic heterocycles. The highest BCUT2D eigenvalue weighted by Crippen LogP contribution is 1.98. The Kier molecular flexibility index (Phi) is 11.0. The lowest BCUT2D eigenvalue weighted by Gasteiger charge is -2.21. The molecule has 0 spiro atoms. The molecule has 0 radical (unpaired) electrons. The molecule has 0 aliphatic carbocycles. The van der Waals surface area contributed by atoms with E-state index in [1.165, 1.54) is 0 Å². The Bertz CT molecular complexity index is 160. The van der Waals surface area contributed by atoms with Gasteiger partial charge in [-0.05, 0) is 19.4 Å². The van der Waals surface area contributed by atoms with E-state index in [0.717, 1.165) is 45.7 Å². The van der Waals surface area contributed by atoms with Gasteiger partial charge in [-0.3, -0.25) is 4.90 Å². The van der Waals surface area contributed by atoms with Gasteiger partial charge < -0.3 is 9.47 Å². The summed E-state index contributed by atoms with van der Waals surface area (Å²) in [4.78, 5) is 2.31. The highest BCUT2D eigenvalue weighted by atomic mass is 16.5. The minimum Gasteiger partial charge on any atom is -0.383 e. The smallest absolute Gasteiger partial charge is 0.0621 e. The molecule has 0 heterocycles. The fourth-order valence-electron chi connectivity index (χ4n) is 1.32. The number of nitrogens with zero attached hydrogens (tertiary/aromatic N) is 2. The number of methoxy groups -OCH3 is 2. The molecule has 0 bridgehead atoms. The highest BCUT2D eigenvalue weighted by Gasteiger charge is 2.03. The molecule has 0 saturated carbocycles. The zero-order valence-corrected chi connectivity index (χ0v) is 9.87. The molecule has 0 aliphatic heterocycles. The van der Waals surface area contributed by atoms with Crippen molar-refractivity contribution in [2.45, 2.75) is 19.3 Å². The van der Waals surface area contributed by atoms with Gasteiger partial charge in [0.2, 0.25) is 0 Å². The molecule has 0 atom stereocenters. The van der Waals surface area contributed by atoms with Gasteiger partial charge in [0.25, 0.3) is 0 Å². The summed E-state index contributed by atoms with van der Waals surface area (Å²) in [6, 6.07) is 2.16. The Morgan fingerprint density at radius 1 is 1.00 bits per heavy atom. The Hall–Kier alpha value is -0.630. The number of unbranched alkanes of at least 4 members (excludes halogenated alkanes) is 2. The van der Waals surface area contributed by atoms with Gasteiger partial charge in [-0.1, -0.05) is 0 Å². The van der Waals surface area contributed by atoms with Gasteiger partial charge in [0.1, 0.15) is 0 Å². The molecular weight excluding hydrogens is 192 g/mol. The van der Waals surface area contributed by atoms with Crippen molar-refractivity contribution in [3.05, 3.63) is 0 Å². The zero-order chi connectivity index (χ0) is 11.4. The van der Waals surface area contributed by atoms with Crippen LogP contribution in [-0.2, 0) is 9.47 Å². The molecule has 0 fully saturated rings. The van der Waals surface area contributed by atoms with E-state index in [4.69, 9.17) is 14.7 Å². The van der Waals surface area contributed by atoms with Crippen molar-refractivity contribution in [3.63, 3.8) is 0 Å². The van der Waals surface area contributed by atoms with Crippen LogP contribution in [0.1, 0.15) is 19.3 Å². The summed E-state index contributed by atoms with van der Waals surface area (Å²) in [5, 5.41) is 8.41. The molecule has 4 nitrogen and oxygen atoms in total. The Morgan fingerprint density at radius 3 is 2.07 bits per heavy atom. The van der Waals surface area contributed by atoms with E-state index in [0.29, 0.717) is 6.42 Å². The molecule has 0 aromatic carbocycles. The van der Waals surface area contributed by atoms with Gasteiger partial charge in [0.05, 0.1) is 19.3 Å². The third-order valence-electron chi connectivity index (χ3n) is 2.24. The monoisotopic (exact) mass is 214 g/mol. The van der Waals surface area contributed by atoms with Crippen molar-refractivity contribution in [1.82, 2.24) is 4.90 Å². The maximum absolute atomic E-state index is 8.41. The van der Waals surface area contributed by atoms with Crippen LogP contribution in [0.25, 0.3) is 0 Å². The first-order valence-corrected chi connectivity index (χ1v) is 5.42. The molecule has 0 N–H and O–H groups in total. The lowest BCUT2D eigenvalue weighted by atomic mass is 10.2. The minimum atomic E-state index is 0.655. The molecule has 4 heteroatoms. The van der Waals surface area contributed by atoms with Crippen molar-refractivity contribution in [3.8, 4) is 6.07 Å². The van der Waals surface area contributed by atoms with Crippen LogP contribution in [0.15, 0.2) is 0 Å². The fraction of sp³-hybridized carbons (Fsp3) is 0.909. The van der Waals surface area contributed by atoms with Gasteiger partial charge in [0, 0.05) is 33.7 Å². The van der Waals surface area contributed by atoms with Gasteiger partial charge in [-0.25, -0.2) is 0 Å². The van der Waals surface area contributed by atoms with Crippen LogP contribution < -0.4 is 0 Å². The van der Waals surface area contributed by atoms with Crippen molar-refractivity contribution >= 4 is 0 Å². The molecule has 0 unspecified atom stereocenters. The third-order valence-corrected chi connectivity index (χ3v) is 2.24. The fourth-order valence-corrected chi connectivity index (χ4v) is 1.32. The van der Waals surface area contributed by atoms with Crippen LogP contribution in [0.5, 0.6) is 0 Å². The van der Waals surface area contributed by atoms with Gasteiger partial charge in [-0.2, -0.15) is 5.26 Å². The van der Waals surface area contributed by atoms with Crippen LogP contribution in [-0.4, -0.2) is 52.0 Å². The number of nitriles is 1. The van der Waals surface area contributed by atoms with Crippen LogP contribution >= 0.6 is 0 Å². The summed E-state index contributed by atoms with van der Waals surface area (Å²) in [6.45, 7) is 4.40. The van der Waals surface area contributed by atoms with Gasteiger partial charge >= 0.3 is 0 Å². The first-order chi connectivity index (χ1) is 7.35. The summed E-state index contributed by atoms with van der Waals surface area (Å²) < 4.78 is 10.1. The maximum atomic E-state index is 8.41. The van der Waals surface area contributed by atoms with Crippen molar-refractivity contribution < 1.29 is 9.47 Å². The largest absolute Gasteiger partial charge is 0.383 e. The topological polar surface area (TPSA) is 45.5 Å². The summed E-state index contributed by atoms with van der Waals surface area (Å²) in [5.74, 6) is 0. The number of hydrogen-bond donors (Lipinski definition) is 0. The van der Waals surface area contributed by atoms with E-state index in [1.54, 1.807) is 14.2 Å². The van der Waals surface area contributed by atoms with Crippen LogP contribution in [0, 0.1) is 11.3 Å². The van der Waals surface area contributed by atoms with Gasteiger partial charge in [0.15, 0.2) is 0 Å². The number of rotatable bonds is 10. The molecule has 0 aromatic rings. The standard InChI is InChI=1S/C11H22N2O2/c1-14-10-8-13(9-11-15-2)7-5-3-4-6-12/h3-5,7-11H2,1-2H3. The lowest BCUT2D eigenvalue weighted by molar-refractivity contribution is 0.113. The molecule has 0 rings (SSSR count). The quantitative estimate of drug-likeness (QED) is 0.514. The normalized spacial score (nSPS) is 10.5. The summed E-state index contributed by atoms with van der Waals surface area (Å²) >= 11 is 0. The van der Waals surface area contributed by atoms with E-state index in [-0.39, 0.29) is 0 Å². The van der Waals surface area contributed by atoms with Crippen molar-refractivity contribution in [1.29, 1.82) is 5.26 Å². The third kappa shape index (κ3) is 9.67. The molecule has 15 heavy (non-hydrogen) atoms. The minimum absolute atomic E-state index is 0.655. The van der Waals surface area contributed by atoms with E-state index >= 15 is 0 Å². The molecule has 0 saturated heterocycles. The second-order valence-corrected chi connectivity index (χ2v) is 3.44. The highest BCUT2D eigenvalue weighted by molar-refractivity contribution is 4.69. The van der Waals surface area contributed by atoms with Gasteiger partial charge in [-0.15, -0.1) is 0 Å². The number of ether oxygens (including phenoxy) is 2. The van der Waals surface area contributed by atoms with E-state index in [2.05, 4.69) is 11.0 Å². The van der Waals surface area contributed by atoms with Crippen LogP contribution in [0.3, 0.4) is 0 Å². The average Bonchev–Trinajstić information content (AvgIpc) is 2.27. The Labute approximate surface area is 92.8 Å². The SMILES string of the molecule is COCCN(CCCCC#N)CCOC. The molecule has 0 amide bonds. The van der Waals surface area contributed by atoms with E-state index < -0.39 is 0 Å². The van der Waals surface area contributed by atoms with E-state index in [1.807, 2.05) is 0 Å². The predicted octanol–water partition coefficient (Wildman–Crippen LogP) is 1.28. The predicted molar refractivity (Wildman–Crippen MR) is 59.7 cm³/mol. The Balaban J connectivity index is 3.55. The molecular formula is C11H22N2O2.